The largest absolute Gasteiger partial charge is 0.480 e. The second kappa shape index (κ2) is 5.87. The first-order valence-electron chi connectivity index (χ1n) is 6.77. The Balaban J connectivity index is 2.09. The fourth-order valence-corrected chi connectivity index (χ4v) is 2.50. The van der Waals surface area contributed by atoms with Crippen LogP contribution >= 0.6 is 0 Å². The highest BCUT2D eigenvalue weighted by Crippen LogP contribution is 2.22. The summed E-state index contributed by atoms with van der Waals surface area (Å²) in [7, 11) is 0. The molecule has 102 valence electrons. The van der Waals surface area contributed by atoms with Gasteiger partial charge in [-0.3, -0.25) is 4.79 Å². The lowest BCUT2D eigenvalue weighted by molar-refractivity contribution is -0.139. The van der Waals surface area contributed by atoms with Crippen molar-refractivity contribution in [3.63, 3.8) is 0 Å². The monoisotopic (exact) mass is 261 g/mol. The van der Waals surface area contributed by atoms with Crippen LogP contribution in [0.1, 0.15) is 47.7 Å². The maximum atomic E-state index is 12.1. The van der Waals surface area contributed by atoms with Crippen LogP contribution in [0.2, 0.25) is 0 Å². The number of carbonyl (C=O) groups is 2. The molecular formula is C15H19NO3. The summed E-state index contributed by atoms with van der Waals surface area (Å²) in [5.74, 6) is -1.27. The predicted molar refractivity (Wildman–Crippen MR) is 72.3 cm³/mol. The zero-order valence-electron chi connectivity index (χ0n) is 11.1. The van der Waals surface area contributed by atoms with Gasteiger partial charge in [0.2, 0.25) is 0 Å². The first kappa shape index (κ1) is 13.6. The van der Waals surface area contributed by atoms with Gasteiger partial charge in [-0.15, -0.1) is 0 Å². The van der Waals surface area contributed by atoms with E-state index in [9.17, 15) is 9.59 Å². The number of amides is 1. The van der Waals surface area contributed by atoms with E-state index >= 15 is 0 Å². The number of hydrogen-bond acceptors (Lipinski definition) is 2. The standard InChI is InChI=1S/C15H19NO3/c1-2-4-13(15(18)19)16-14(17)12-8-7-10-5-3-6-11(10)9-12/h7-9,13H,2-6H2,1H3,(H,16,17)(H,18,19)/t13-/m1/s1. The number of rotatable bonds is 5. The average Bonchev–Trinajstić information content (AvgIpc) is 2.85. The number of aliphatic carboxylic acids is 1. The Labute approximate surface area is 112 Å². The van der Waals surface area contributed by atoms with Gasteiger partial charge in [-0.05, 0) is 48.9 Å². The third-order valence-electron chi connectivity index (χ3n) is 3.54. The topological polar surface area (TPSA) is 66.4 Å². The van der Waals surface area contributed by atoms with E-state index in [-0.39, 0.29) is 5.91 Å². The van der Waals surface area contributed by atoms with Crippen LogP contribution in [0.15, 0.2) is 18.2 Å². The molecule has 0 fully saturated rings. The molecule has 1 aliphatic rings. The lowest BCUT2D eigenvalue weighted by atomic mass is 10.1. The average molecular weight is 261 g/mol. The van der Waals surface area contributed by atoms with E-state index in [1.54, 1.807) is 6.07 Å². The van der Waals surface area contributed by atoms with Crippen molar-refractivity contribution in [3.8, 4) is 0 Å². The Bertz CT molecular complexity index is 496. The Kier molecular flexibility index (Phi) is 4.20. The number of benzene rings is 1. The molecule has 1 aromatic carbocycles. The van der Waals surface area contributed by atoms with Crippen LogP contribution in [0.25, 0.3) is 0 Å². The third kappa shape index (κ3) is 3.13. The zero-order valence-corrected chi connectivity index (χ0v) is 11.1. The lowest BCUT2D eigenvalue weighted by Crippen LogP contribution is -2.40. The summed E-state index contributed by atoms with van der Waals surface area (Å²) in [4.78, 5) is 23.1. The van der Waals surface area contributed by atoms with E-state index in [0.717, 1.165) is 25.7 Å². The maximum absolute atomic E-state index is 12.1. The van der Waals surface area contributed by atoms with Crippen molar-refractivity contribution < 1.29 is 14.7 Å². The van der Waals surface area contributed by atoms with Crippen molar-refractivity contribution in [2.45, 2.75) is 45.1 Å². The Morgan fingerprint density at radius 1 is 1.32 bits per heavy atom. The normalized spacial score (nSPS) is 14.8. The molecule has 1 atom stereocenters. The molecule has 1 amide bonds. The lowest BCUT2D eigenvalue weighted by Gasteiger charge is -2.14. The summed E-state index contributed by atoms with van der Waals surface area (Å²) in [5, 5.41) is 11.6. The molecule has 0 spiro atoms. The molecule has 2 rings (SSSR count). The minimum Gasteiger partial charge on any atom is -0.480 e. The van der Waals surface area contributed by atoms with Gasteiger partial charge >= 0.3 is 5.97 Å². The van der Waals surface area contributed by atoms with E-state index in [1.165, 1.54) is 11.1 Å². The smallest absolute Gasteiger partial charge is 0.326 e. The predicted octanol–water partition coefficient (Wildman–Crippen LogP) is 2.16. The van der Waals surface area contributed by atoms with Gasteiger partial charge in [0, 0.05) is 5.56 Å². The van der Waals surface area contributed by atoms with Crippen LogP contribution < -0.4 is 5.32 Å². The molecule has 4 heteroatoms. The van der Waals surface area contributed by atoms with Crippen LogP contribution in [0.4, 0.5) is 0 Å². The SMILES string of the molecule is CCC[C@@H](NC(=O)c1ccc2c(c1)CCC2)C(=O)O. The van der Waals surface area contributed by atoms with Crippen molar-refractivity contribution >= 4 is 11.9 Å². The molecule has 1 aliphatic carbocycles. The number of fused-ring (bicyclic) bond motifs is 1. The van der Waals surface area contributed by atoms with Crippen LogP contribution in [0, 0.1) is 0 Å². The molecule has 0 saturated carbocycles. The summed E-state index contributed by atoms with van der Waals surface area (Å²) < 4.78 is 0. The molecule has 4 nitrogen and oxygen atoms in total. The zero-order chi connectivity index (χ0) is 13.8. The second-order valence-corrected chi connectivity index (χ2v) is 4.99. The molecule has 0 radical (unpaired) electrons. The molecule has 19 heavy (non-hydrogen) atoms. The second-order valence-electron chi connectivity index (χ2n) is 4.99. The minimum absolute atomic E-state index is 0.296. The molecule has 0 aliphatic heterocycles. The highest BCUT2D eigenvalue weighted by Gasteiger charge is 2.20. The molecule has 2 N–H and O–H groups in total. The summed E-state index contributed by atoms with van der Waals surface area (Å²) in [5.41, 5.74) is 3.08. The van der Waals surface area contributed by atoms with Gasteiger partial charge in [0.05, 0.1) is 0 Å². The number of carbonyl (C=O) groups excluding carboxylic acids is 1. The minimum atomic E-state index is -0.976. The fraction of sp³-hybridized carbons (Fsp3) is 0.467. The van der Waals surface area contributed by atoms with E-state index in [4.69, 9.17) is 5.11 Å². The quantitative estimate of drug-likeness (QED) is 0.853. The Morgan fingerprint density at radius 2 is 2.05 bits per heavy atom. The molecule has 0 heterocycles. The van der Waals surface area contributed by atoms with Crippen molar-refractivity contribution in [2.75, 3.05) is 0 Å². The van der Waals surface area contributed by atoms with Crippen molar-refractivity contribution in [2.24, 2.45) is 0 Å². The first-order chi connectivity index (χ1) is 9.11. The highest BCUT2D eigenvalue weighted by molar-refractivity contribution is 5.96. The highest BCUT2D eigenvalue weighted by atomic mass is 16.4. The van der Waals surface area contributed by atoms with Gasteiger partial charge in [0.1, 0.15) is 6.04 Å². The summed E-state index contributed by atoms with van der Waals surface area (Å²) in [6, 6.07) is 4.85. The first-order valence-corrected chi connectivity index (χ1v) is 6.77. The fourth-order valence-electron chi connectivity index (χ4n) is 2.50. The molecule has 0 saturated heterocycles. The van der Waals surface area contributed by atoms with Gasteiger partial charge in [-0.2, -0.15) is 0 Å². The van der Waals surface area contributed by atoms with Gasteiger partial charge in [-0.25, -0.2) is 4.79 Å². The van der Waals surface area contributed by atoms with Gasteiger partial charge in [0.15, 0.2) is 0 Å². The van der Waals surface area contributed by atoms with Gasteiger partial charge in [0.25, 0.3) is 5.91 Å². The Morgan fingerprint density at radius 3 is 2.74 bits per heavy atom. The number of hydrogen-bond donors (Lipinski definition) is 2. The molecular weight excluding hydrogens is 242 g/mol. The molecule has 0 unspecified atom stereocenters. The van der Waals surface area contributed by atoms with Crippen LogP contribution in [-0.2, 0) is 17.6 Å². The maximum Gasteiger partial charge on any atom is 0.326 e. The van der Waals surface area contributed by atoms with Crippen molar-refractivity contribution in [1.82, 2.24) is 5.32 Å². The van der Waals surface area contributed by atoms with Crippen LogP contribution in [0.3, 0.4) is 0 Å². The van der Waals surface area contributed by atoms with Crippen LogP contribution in [0.5, 0.6) is 0 Å². The van der Waals surface area contributed by atoms with Gasteiger partial charge < -0.3 is 10.4 Å². The van der Waals surface area contributed by atoms with Gasteiger partial charge in [-0.1, -0.05) is 19.4 Å². The number of aryl methyl sites for hydroxylation is 2. The molecule has 1 aromatic rings. The van der Waals surface area contributed by atoms with Crippen LogP contribution in [-0.4, -0.2) is 23.0 Å². The summed E-state index contributed by atoms with van der Waals surface area (Å²) in [6.45, 7) is 1.90. The molecule has 0 aromatic heterocycles. The van der Waals surface area contributed by atoms with Crippen molar-refractivity contribution in [1.29, 1.82) is 0 Å². The Hall–Kier alpha value is -1.84. The number of carboxylic acid groups (broad SMARTS) is 1. The number of carboxylic acids is 1. The molecule has 0 bridgehead atoms. The van der Waals surface area contributed by atoms with E-state index in [2.05, 4.69) is 5.32 Å². The summed E-state index contributed by atoms with van der Waals surface area (Å²) >= 11 is 0. The van der Waals surface area contributed by atoms with Crippen molar-refractivity contribution in [3.05, 3.63) is 34.9 Å². The number of nitrogens with one attached hydrogen (secondary N) is 1. The third-order valence-corrected chi connectivity index (χ3v) is 3.54. The van der Waals surface area contributed by atoms with E-state index in [1.807, 2.05) is 19.1 Å². The van der Waals surface area contributed by atoms with E-state index in [0.29, 0.717) is 12.0 Å². The summed E-state index contributed by atoms with van der Waals surface area (Å²) in [6.07, 6.45) is 4.39. The van der Waals surface area contributed by atoms with E-state index < -0.39 is 12.0 Å².